The summed E-state index contributed by atoms with van der Waals surface area (Å²) < 4.78 is 27.3. The van der Waals surface area contributed by atoms with Crippen molar-refractivity contribution in [1.82, 2.24) is 5.32 Å². The van der Waals surface area contributed by atoms with E-state index in [4.69, 9.17) is 12.2 Å². The molecule has 22 heavy (non-hydrogen) atoms. The van der Waals surface area contributed by atoms with E-state index in [-0.39, 0.29) is 16.8 Å². The van der Waals surface area contributed by atoms with Crippen LogP contribution in [0.4, 0.5) is 14.5 Å². The summed E-state index contributed by atoms with van der Waals surface area (Å²) in [5, 5.41) is 5.91. The molecular formula is C17H18F2N2S. The van der Waals surface area contributed by atoms with Gasteiger partial charge in [0, 0.05) is 0 Å². The van der Waals surface area contributed by atoms with Gasteiger partial charge in [-0.05, 0) is 48.8 Å². The number of para-hydroxylation sites is 1. The fourth-order valence-corrected chi connectivity index (χ4v) is 2.55. The van der Waals surface area contributed by atoms with Crippen LogP contribution in [0.15, 0.2) is 42.5 Å². The Morgan fingerprint density at radius 1 is 1.09 bits per heavy atom. The minimum absolute atomic E-state index is 0.0176. The maximum Gasteiger partial charge on any atom is 0.171 e. The third-order valence-electron chi connectivity index (χ3n) is 3.48. The van der Waals surface area contributed by atoms with Crippen LogP contribution < -0.4 is 10.6 Å². The van der Waals surface area contributed by atoms with Crippen LogP contribution in [0, 0.1) is 18.6 Å². The van der Waals surface area contributed by atoms with Crippen molar-refractivity contribution in [2.24, 2.45) is 0 Å². The molecule has 0 aromatic heterocycles. The van der Waals surface area contributed by atoms with Crippen molar-refractivity contribution < 1.29 is 8.78 Å². The Labute approximate surface area is 134 Å². The lowest BCUT2D eigenvalue weighted by Crippen LogP contribution is -2.33. The van der Waals surface area contributed by atoms with E-state index in [1.807, 2.05) is 38.1 Å². The summed E-state index contributed by atoms with van der Waals surface area (Å²) in [4.78, 5) is 0. The zero-order valence-electron chi connectivity index (χ0n) is 12.5. The fraction of sp³-hybridized carbons (Fsp3) is 0.235. The Morgan fingerprint density at radius 2 is 1.73 bits per heavy atom. The van der Waals surface area contributed by atoms with Gasteiger partial charge in [0.1, 0.15) is 17.3 Å². The number of rotatable bonds is 4. The smallest absolute Gasteiger partial charge is 0.171 e. The highest BCUT2D eigenvalue weighted by atomic mass is 32.1. The number of nitrogens with one attached hydrogen (secondary N) is 2. The van der Waals surface area contributed by atoms with Crippen LogP contribution in [0.5, 0.6) is 0 Å². The second-order valence-corrected chi connectivity index (χ2v) is 5.42. The largest absolute Gasteiger partial charge is 0.356 e. The Kier molecular flexibility index (Phi) is 5.44. The molecule has 0 heterocycles. The zero-order valence-corrected chi connectivity index (χ0v) is 13.3. The molecule has 2 aromatic carbocycles. The summed E-state index contributed by atoms with van der Waals surface area (Å²) in [5.41, 5.74) is 2.02. The topological polar surface area (TPSA) is 24.1 Å². The molecule has 0 aliphatic heterocycles. The molecule has 0 saturated carbocycles. The molecule has 0 aliphatic rings. The van der Waals surface area contributed by atoms with E-state index in [1.54, 1.807) is 0 Å². The SMILES string of the molecule is CCC(NC(=S)Nc1c(F)cccc1F)c1ccccc1C. The molecule has 1 atom stereocenters. The van der Waals surface area contributed by atoms with E-state index in [1.165, 1.54) is 18.2 Å². The number of aryl methyl sites for hydroxylation is 1. The van der Waals surface area contributed by atoms with E-state index >= 15 is 0 Å². The first-order valence-electron chi connectivity index (χ1n) is 7.10. The first kappa shape index (κ1) is 16.4. The highest BCUT2D eigenvalue weighted by Crippen LogP contribution is 2.22. The molecule has 0 radical (unpaired) electrons. The average Bonchev–Trinajstić information content (AvgIpc) is 2.49. The summed E-state index contributed by atoms with van der Waals surface area (Å²) in [6, 6.07) is 11.6. The number of thiocarbonyl (C=S) groups is 1. The molecule has 0 spiro atoms. The maximum atomic E-state index is 13.6. The Morgan fingerprint density at radius 3 is 2.32 bits per heavy atom. The highest BCUT2D eigenvalue weighted by molar-refractivity contribution is 7.80. The number of hydrogen-bond acceptors (Lipinski definition) is 1. The van der Waals surface area contributed by atoms with Crippen LogP contribution in [0.2, 0.25) is 0 Å². The summed E-state index contributed by atoms with van der Waals surface area (Å²) in [6.07, 6.45) is 0.798. The van der Waals surface area contributed by atoms with E-state index in [0.717, 1.165) is 17.5 Å². The molecule has 5 heteroatoms. The third-order valence-corrected chi connectivity index (χ3v) is 3.70. The molecule has 2 N–H and O–H groups in total. The molecular weight excluding hydrogens is 302 g/mol. The van der Waals surface area contributed by atoms with Gasteiger partial charge in [-0.15, -0.1) is 0 Å². The number of hydrogen-bond donors (Lipinski definition) is 2. The van der Waals surface area contributed by atoms with Crippen molar-refractivity contribution in [3.05, 3.63) is 65.2 Å². The van der Waals surface area contributed by atoms with Gasteiger partial charge in [0.25, 0.3) is 0 Å². The van der Waals surface area contributed by atoms with E-state index in [9.17, 15) is 8.78 Å². The van der Waals surface area contributed by atoms with Gasteiger partial charge in [0.05, 0.1) is 6.04 Å². The number of halogens is 2. The van der Waals surface area contributed by atoms with Gasteiger partial charge in [0.15, 0.2) is 5.11 Å². The first-order valence-corrected chi connectivity index (χ1v) is 7.50. The molecule has 1 unspecified atom stereocenters. The Balaban J connectivity index is 2.12. The molecule has 2 nitrogen and oxygen atoms in total. The third kappa shape index (κ3) is 3.80. The van der Waals surface area contributed by atoms with Crippen LogP contribution in [0.1, 0.15) is 30.5 Å². The monoisotopic (exact) mass is 320 g/mol. The minimum Gasteiger partial charge on any atom is -0.356 e. The highest BCUT2D eigenvalue weighted by Gasteiger charge is 2.15. The van der Waals surface area contributed by atoms with Crippen molar-refractivity contribution in [1.29, 1.82) is 0 Å². The van der Waals surface area contributed by atoms with Crippen LogP contribution in [-0.2, 0) is 0 Å². The Bertz CT molecular complexity index is 653. The standard InChI is InChI=1S/C17H18F2N2S/c1-3-15(12-8-5-4-7-11(12)2)20-17(22)21-16-13(18)9-6-10-14(16)19/h4-10,15H,3H2,1-2H3,(H2,20,21,22). The van der Waals surface area contributed by atoms with Crippen molar-refractivity contribution in [3.63, 3.8) is 0 Å². The average molecular weight is 320 g/mol. The van der Waals surface area contributed by atoms with Crippen LogP contribution in [-0.4, -0.2) is 5.11 Å². The molecule has 2 rings (SSSR count). The molecule has 0 fully saturated rings. The predicted molar refractivity (Wildman–Crippen MR) is 89.9 cm³/mol. The van der Waals surface area contributed by atoms with Gasteiger partial charge in [-0.2, -0.15) is 0 Å². The van der Waals surface area contributed by atoms with E-state index in [0.29, 0.717) is 0 Å². The molecule has 0 aliphatic carbocycles. The summed E-state index contributed by atoms with van der Waals surface area (Å²) in [7, 11) is 0. The predicted octanol–water partition coefficient (Wildman–Crippen LogP) is 4.71. The molecule has 0 saturated heterocycles. The molecule has 2 aromatic rings. The van der Waals surface area contributed by atoms with Gasteiger partial charge >= 0.3 is 0 Å². The number of anilines is 1. The normalized spacial score (nSPS) is 11.8. The number of benzene rings is 2. The summed E-state index contributed by atoms with van der Waals surface area (Å²) in [5.74, 6) is -1.35. The zero-order chi connectivity index (χ0) is 16.1. The van der Waals surface area contributed by atoms with E-state index < -0.39 is 11.6 Å². The van der Waals surface area contributed by atoms with Gasteiger partial charge in [-0.3, -0.25) is 0 Å². The maximum absolute atomic E-state index is 13.6. The lowest BCUT2D eigenvalue weighted by Gasteiger charge is -2.22. The molecule has 116 valence electrons. The van der Waals surface area contributed by atoms with Gasteiger partial charge < -0.3 is 10.6 Å². The second-order valence-electron chi connectivity index (χ2n) is 5.01. The quantitative estimate of drug-likeness (QED) is 0.798. The van der Waals surface area contributed by atoms with Crippen molar-refractivity contribution in [2.75, 3.05) is 5.32 Å². The van der Waals surface area contributed by atoms with E-state index in [2.05, 4.69) is 10.6 Å². The molecule has 0 bridgehead atoms. The van der Waals surface area contributed by atoms with Gasteiger partial charge in [-0.25, -0.2) is 8.78 Å². The molecule has 0 amide bonds. The van der Waals surface area contributed by atoms with Gasteiger partial charge in [0.2, 0.25) is 0 Å². The lowest BCUT2D eigenvalue weighted by molar-refractivity contribution is 0.589. The fourth-order valence-electron chi connectivity index (χ4n) is 2.30. The minimum atomic E-state index is -0.673. The van der Waals surface area contributed by atoms with Crippen LogP contribution in [0.25, 0.3) is 0 Å². The van der Waals surface area contributed by atoms with Crippen molar-refractivity contribution in [2.45, 2.75) is 26.3 Å². The van der Waals surface area contributed by atoms with Gasteiger partial charge in [-0.1, -0.05) is 37.3 Å². The lowest BCUT2D eigenvalue weighted by atomic mass is 10.00. The van der Waals surface area contributed by atoms with Crippen LogP contribution in [0.3, 0.4) is 0 Å². The second kappa shape index (κ2) is 7.31. The van der Waals surface area contributed by atoms with Crippen LogP contribution >= 0.6 is 12.2 Å². The summed E-state index contributed by atoms with van der Waals surface area (Å²) >= 11 is 5.19. The first-order chi connectivity index (χ1) is 10.5. The Hall–Kier alpha value is -2.01. The van der Waals surface area contributed by atoms with Crippen molar-refractivity contribution >= 4 is 23.0 Å². The summed E-state index contributed by atoms with van der Waals surface area (Å²) in [6.45, 7) is 4.04. The van der Waals surface area contributed by atoms with Crippen molar-refractivity contribution in [3.8, 4) is 0 Å².